The Bertz CT molecular complexity index is 850. The van der Waals surface area contributed by atoms with Crippen LogP contribution in [0.25, 0.3) is 22.5 Å². The number of rotatable bonds is 5. The monoisotopic (exact) mass is 371 g/mol. The molecule has 130 valence electrons. The van der Waals surface area contributed by atoms with Gasteiger partial charge in [-0.05, 0) is 48.2 Å². The minimum atomic E-state index is -4.29. The van der Waals surface area contributed by atoms with Crippen molar-refractivity contribution in [2.45, 2.75) is 16.8 Å². The fourth-order valence-electron chi connectivity index (χ4n) is 2.11. The van der Waals surface area contributed by atoms with E-state index in [4.69, 9.17) is 0 Å². The maximum atomic E-state index is 13.3. The van der Waals surface area contributed by atoms with Gasteiger partial charge in [0, 0.05) is 23.5 Å². The highest BCUT2D eigenvalue weighted by molar-refractivity contribution is 8.00. The topological polar surface area (TPSA) is 41.6 Å². The van der Waals surface area contributed by atoms with E-state index in [0.29, 0.717) is 16.8 Å². The van der Waals surface area contributed by atoms with Gasteiger partial charge in [0.1, 0.15) is 5.82 Å². The van der Waals surface area contributed by atoms with E-state index in [0.717, 1.165) is 0 Å². The van der Waals surface area contributed by atoms with Crippen LogP contribution in [0.1, 0.15) is 0 Å². The molecule has 0 aliphatic carbocycles. The first-order valence-corrected chi connectivity index (χ1v) is 7.80. The lowest BCUT2D eigenvalue weighted by molar-refractivity contribution is -0.0565. The number of pyridine rings is 1. The van der Waals surface area contributed by atoms with Crippen molar-refractivity contribution in [3.63, 3.8) is 0 Å². The molecule has 1 aromatic carbocycles. The van der Waals surface area contributed by atoms with Crippen molar-refractivity contribution in [3.05, 3.63) is 54.6 Å². The van der Waals surface area contributed by atoms with E-state index in [1.165, 1.54) is 36.7 Å². The number of H-pyrrole nitrogens is 1. The average molecular weight is 371 g/mol. The predicted molar refractivity (Wildman–Crippen MR) is 84.0 cm³/mol. The molecule has 0 saturated heterocycles. The first-order chi connectivity index (χ1) is 11.9. The number of aromatic nitrogens is 3. The Morgan fingerprint density at radius 1 is 1.04 bits per heavy atom. The molecule has 3 aromatic rings. The summed E-state index contributed by atoms with van der Waals surface area (Å²) >= 11 is -0.363. The Morgan fingerprint density at radius 3 is 2.36 bits per heavy atom. The molecule has 0 fully saturated rings. The first-order valence-electron chi connectivity index (χ1n) is 6.98. The molecule has 0 unspecified atom stereocenters. The molecule has 0 amide bonds. The van der Waals surface area contributed by atoms with Gasteiger partial charge < -0.3 is 4.98 Å². The molecule has 0 atom stereocenters. The number of alkyl halides is 4. The van der Waals surface area contributed by atoms with Crippen molar-refractivity contribution < 1.29 is 22.0 Å². The summed E-state index contributed by atoms with van der Waals surface area (Å²) in [5.41, 5.74) is 1.54. The Morgan fingerprint density at radius 2 is 1.76 bits per heavy atom. The zero-order valence-corrected chi connectivity index (χ0v) is 13.2. The van der Waals surface area contributed by atoms with Crippen LogP contribution >= 0.6 is 11.8 Å². The van der Waals surface area contributed by atoms with Gasteiger partial charge in [-0.3, -0.25) is 4.98 Å². The number of hydrogen-bond donors (Lipinski definition) is 1. The number of benzene rings is 1. The van der Waals surface area contributed by atoms with Crippen molar-refractivity contribution in [1.29, 1.82) is 0 Å². The zero-order chi connectivity index (χ0) is 18.0. The van der Waals surface area contributed by atoms with Gasteiger partial charge >= 0.3 is 11.7 Å². The van der Waals surface area contributed by atoms with Crippen LogP contribution in [0.4, 0.5) is 22.0 Å². The molecule has 3 rings (SSSR count). The Labute approximate surface area is 143 Å². The van der Waals surface area contributed by atoms with E-state index >= 15 is 0 Å². The van der Waals surface area contributed by atoms with Gasteiger partial charge in [0.25, 0.3) is 0 Å². The van der Waals surface area contributed by atoms with E-state index in [9.17, 15) is 22.0 Å². The number of imidazole rings is 1. The molecule has 9 heteroatoms. The summed E-state index contributed by atoms with van der Waals surface area (Å²) in [4.78, 5) is 10.6. The van der Waals surface area contributed by atoms with Crippen LogP contribution in [0, 0.1) is 5.82 Å². The number of nitrogens with zero attached hydrogens (tertiary/aromatic N) is 2. The zero-order valence-electron chi connectivity index (χ0n) is 12.4. The maximum Gasteiger partial charge on any atom is 0.360 e. The molecule has 3 nitrogen and oxygen atoms in total. The van der Waals surface area contributed by atoms with Crippen LogP contribution in [0.15, 0.2) is 53.9 Å². The van der Waals surface area contributed by atoms with Crippen LogP contribution in [-0.2, 0) is 0 Å². The van der Waals surface area contributed by atoms with E-state index in [-0.39, 0.29) is 22.6 Å². The fraction of sp³-hybridized carbons (Fsp3) is 0.125. The highest BCUT2D eigenvalue weighted by Gasteiger charge is 2.43. The van der Waals surface area contributed by atoms with Gasteiger partial charge in [-0.25, -0.2) is 18.2 Å². The second-order valence-corrected chi connectivity index (χ2v) is 6.11. The minimum absolute atomic E-state index is 0.257. The number of aromatic amines is 1. The Kier molecular flexibility index (Phi) is 4.76. The average Bonchev–Trinajstić information content (AvgIpc) is 2.99. The third-order valence-electron chi connectivity index (χ3n) is 3.24. The number of halogens is 5. The van der Waals surface area contributed by atoms with Gasteiger partial charge in [0.15, 0.2) is 5.16 Å². The summed E-state index contributed by atoms with van der Waals surface area (Å²) in [6.45, 7) is 0. The second kappa shape index (κ2) is 6.83. The molecular weight excluding hydrogens is 361 g/mol. The highest BCUT2D eigenvalue weighted by Crippen LogP contribution is 2.41. The van der Waals surface area contributed by atoms with Gasteiger partial charge in [-0.15, -0.1) is 0 Å². The standard InChI is InChI=1S/C16H10F5N3S/c17-11-5-3-9(4-6-11)12-13(10-2-1-7-22-8-10)24-15(23-12)25-16(20,21)14(18)19/h1-8,14H,(H,23,24). The van der Waals surface area contributed by atoms with Crippen LogP contribution < -0.4 is 0 Å². The van der Waals surface area contributed by atoms with Crippen molar-refractivity contribution in [2.75, 3.05) is 0 Å². The quantitative estimate of drug-likeness (QED) is 0.493. The number of nitrogens with one attached hydrogen (secondary N) is 1. The Balaban J connectivity index is 2.07. The molecule has 0 aliphatic heterocycles. The van der Waals surface area contributed by atoms with Crippen molar-refractivity contribution in [2.24, 2.45) is 0 Å². The minimum Gasteiger partial charge on any atom is -0.332 e. The lowest BCUT2D eigenvalue weighted by Gasteiger charge is -2.11. The third kappa shape index (κ3) is 3.81. The summed E-state index contributed by atoms with van der Waals surface area (Å²) in [6, 6.07) is 8.54. The molecule has 0 radical (unpaired) electrons. The van der Waals surface area contributed by atoms with Crippen LogP contribution in [-0.4, -0.2) is 26.6 Å². The summed E-state index contributed by atoms with van der Waals surface area (Å²) in [5.74, 6) is -0.468. The fourth-order valence-corrected chi connectivity index (χ4v) is 2.75. The molecule has 0 spiro atoms. The lowest BCUT2D eigenvalue weighted by Crippen LogP contribution is -2.21. The third-order valence-corrected chi connectivity index (χ3v) is 4.07. The lowest BCUT2D eigenvalue weighted by atomic mass is 10.1. The summed E-state index contributed by atoms with van der Waals surface area (Å²) in [5, 5.41) is -4.66. The summed E-state index contributed by atoms with van der Waals surface area (Å²) < 4.78 is 64.6. The molecule has 1 N–H and O–H groups in total. The first kappa shape index (κ1) is 17.4. The van der Waals surface area contributed by atoms with Crippen LogP contribution in [0.5, 0.6) is 0 Å². The molecular formula is C16H10F5N3S. The van der Waals surface area contributed by atoms with Crippen LogP contribution in [0.3, 0.4) is 0 Å². The molecule has 0 bridgehead atoms. The largest absolute Gasteiger partial charge is 0.360 e. The number of thioether (sulfide) groups is 1. The Hall–Kier alpha value is -2.42. The van der Waals surface area contributed by atoms with Gasteiger partial charge in [-0.2, -0.15) is 8.78 Å². The van der Waals surface area contributed by atoms with E-state index in [1.54, 1.807) is 12.1 Å². The van der Waals surface area contributed by atoms with Gasteiger partial charge in [0.05, 0.1) is 11.4 Å². The van der Waals surface area contributed by atoms with E-state index in [1.807, 2.05) is 0 Å². The van der Waals surface area contributed by atoms with Gasteiger partial charge in [-0.1, -0.05) is 0 Å². The van der Waals surface area contributed by atoms with Crippen molar-refractivity contribution in [1.82, 2.24) is 15.0 Å². The van der Waals surface area contributed by atoms with Crippen LogP contribution in [0.2, 0.25) is 0 Å². The normalized spacial score (nSPS) is 11.9. The molecule has 2 aromatic heterocycles. The van der Waals surface area contributed by atoms with Crippen molar-refractivity contribution in [3.8, 4) is 22.5 Å². The van der Waals surface area contributed by atoms with Crippen molar-refractivity contribution >= 4 is 11.8 Å². The number of hydrogen-bond acceptors (Lipinski definition) is 3. The maximum absolute atomic E-state index is 13.3. The smallest absolute Gasteiger partial charge is 0.332 e. The van der Waals surface area contributed by atoms with Gasteiger partial charge in [0.2, 0.25) is 0 Å². The molecule has 0 saturated carbocycles. The molecule has 0 aliphatic rings. The summed E-state index contributed by atoms with van der Waals surface area (Å²) in [6.07, 6.45) is -0.851. The van der Waals surface area contributed by atoms with E-state index in [2.05, 4.69) is 15.0 Å². The summed E-state index contributed by atoms with van der Waals surface area (Å²) in [7, 11) is 0. The molecule has 2 heterocycles. The second-order valence-electron chi connectivity index (χ2n) is 4.98. The highest BCUT2D eigenvalue weighted by atomic mass is 32.2. The predicted octanol–water partition coefficient (Wildman–Crippen LogP) is 5.23. The molecule has 25 heavy (non-hydrogen) atoms. The van der Waals surface area contributed by atoms with E-state index < -0.39 is 17.5 Å². The SMILES string of the molecule is Fc1ccc(-c2[nH]c(SC(F)(F)C(F)F)nc2-c2cccnc2)cc1.